The van der Waals surface area contributed by atoms with E-state index in [1.165, 1.54) is 0 Å². The van der Waals surface area contributed by atoms with Gasteiger partial charge < -0.3 is 10.6 Å². The standard InChI is InChI=1S/C14H21N5O3/c1-7(2)5-10-13(21)19(14(22)15-10)6-11(20)16-12-8(3)17-18-9(12)4/h7,10H,5-6H2,1-4H3,(H,15,22)(H,16,20)(H,17,18). The molecule has 0 saturated carbocycles. The third kappa shape index (κ3) is 3.26. The van der Waals surface area contributed by atoms with Crippen molar-refractivity contribution in [2.75, 3.05) is 11.9 Å². The van der Waals surface area contributed by atoms with Crippen molar-refractivity contribution in [3.05, 3.63) is 11.4 Å². The molecule has 1 aliphatic rings. The van der Waals surface area contributed by atoms with Gasteiger partial charge in [-0.2, -0.15) is 5.10 Å². The minimum atomic E-state index is -0.544. The quantitative estimate of drug-likeness (QED) is 0.703. The molecule has 0 bridgehead atoms. The number of carbonyl (C=O) groups excluding carboxylic acids is 3. The number of anilines is 1. The molecule has 2 rings (SSSR count). The van der Waals surface area contributed by atoms with Gasteiger partial charge in [-0.15, -0.1) is 0 Å². The second kappa shape index (κ2) is 6.17. The minimum absolute atomic E-state index is 0.277. The van der Waals surface area contributed by atoms with Crippen molar-refractivity contribution >= 4 is 23.5 Å². The van der Waals surface area contributed by atoms with Crippen LogP contribution in [0.2, 0.25) is 0 Å². The van der Waals surface area contributed by atoms with Gasteiger partial charge in [0.05, 0.1) is 17.1 Å². The fourth-order valence-electron chi connectivity index (χ4n) is 2.42. The Hall–Kier alpha value is -2.38. The number of nitrogens with zero attached hydrogens (tertiary/aromatic N) is 2. The van der Waals surface area contributed by atoms with Gasteiger partial charge in [0.1, 0.15) is 12.6 Å². The number of hydrogen-bond acceptors (Lipinski definition) is 4. The van der Waals surface area contributed by atoms with Gasteiger partial charge in [-0.1, -0.05) is 13.8 Å². The lowest BCUT2D eigenvalue weighted by molar-refractivity contribution is -0.131. The molecule has 1 atom stereocenters. The van der Waals surface area contributed by atoms with Gasteiger partial charge in [-0.3, -0.25) is 19.6 Å². The van der Waals surface area contributed by atoms with E-state index in [-0.39, 0.29) is 18.4 Å². The van der Waals surface area contributed by atoms with E-state index in [4.69, 9.17) is 0 Å². The van der Waals surface area contributed by atoms with Gasteiger partial charge in [0.25, 0.3) is 5.91 Å². The highest BCUT2D eigenvalue weighted by molar-refractivity contribution is 6.08. The first-order chi connectivity index (χ1) is 10.3. The van der Waals surface area contributed by atoms with Gasteiger partial charge in [0.15, 0.2) is 0 Å². The van der Waals surface area contributed by atoms with Crippen LogP contribution < -0.4 is 10.6 Å². The van der Waals surface area contributed by atoms with E-state index in [2.05, 4.69) is 20.8 Å². The van der Waals surface area contributed by atoms with Crippen molar-refractivity contribution in [1.82, 2.24) is 20.4 Å². The molecule has 1 aromatic heterocycles. The van der Waals surface area contributed by atoms with Gasteiger partial charge >= 0.3 is 6.03 Å². The molecule has 0 spiro atoms. The average molecular weight is 307 g/mol. The van der Waals surface area contributed by atoms with E-state index in [1.54, 1.807) is 13.8 Å². The summed E-state index contributed by atoms with van der Waals surface area (Å²) in [4.78, 5) is 37.0. The molecule has 2 heterocycles. The number of carbonyl (C=O) groups is 3. The van der Waals surface area contributed by atoms with Crippen molar-refractivity contribution < 1.29 is 14.4 Å². The lowest BCUT2D eigenvalue weighted by Gasteiger charge is -2.13. The average Bonchev–Trinajstić information content (AvgIpc) is 2.86. The summed E-state index contributed by atoms with van der Waals surface area (Å²) in [7, 11) is 0. The van der Waals surface area contributed by atoms with Crippen LogP contribution in [0.25, 0.3) is 0 Å². The third-order valence-corrected chi connectivity index (χ3v) is 3.51. The topological polar surface area (TPSA) is 107 Å². The molecule has 120 valence electrons. The van der Waals surface area contributed by atoms with Crippen molar-refractivity contribution in [2.24, 2.45) is 5.92 Å². The number of H-pyrrole nitrogens is 1. The monoisotopic (exact) mass is 307 g/mol. The SMILES string of the molecule is Cc1n[nH]c(C)c1NC(=O)CN1C(=O)NC(CC(C)C)C1=O. The summed E-state index contributed by atoms with van der Waals surface area (Å²) in [6.07, 6.45) is 0.558. The van der Waals surface area contributed by atoms with Crippen molar-refractivity contribution in [1.29, 1.82) is 0 Å². The molecule has 0 aliphatic carbocycles. The Labute approximate surface area is 128 Å². The molecule has 1 saturated heterocycles. The number of nitrogens with one attached hydrogen (secondary N) is 3. The smallest absolute Gasteiger partial charge is 0.325 e. The molecule has 1 unspecified atom stereocenters. The Morgan fingerprint density at radius 2 is 2.05 bits per heavy atom. The number of aromatic amines is 1. The molecular weight excluding hydrogens is 286 g/mol. The first-order valence-corrected chi connectivity index (χ1v) is 7.23. The molecule has 1 fully saturated rings. The number of imide groups is 1. The van der Waals surface area contributed by atoms with Crippen LogP contribution in [0, 0.1) is 19.8 Å². The Morgan fingerprint density at radius 1 is 1.36 bits per heavy atom. The summed E-state index contributed by atoms with van der Waals surface area (Å²) >= 11 is 0. The predicted molar refractivity (Wildman–Crippen MR) is 80.2 cm³/mol. The molecule has 1 aliphatic heterocycles. The van der Waals surface area contributed by atoms with Crippen LogP contribution in [0.5, 0.6) is 0 Å². The van der Waals surface area contributed by atoms with E-state index < -0.39 is 18.0 Å². The predicted octanol–water partition coefficient (Wildman–Crippen LogP) is 0.932. The third-order valence-electron chi connectivity index (χ3n) is 3.51. The summed E-state index contributed by atoms with van der Waals surface area (Å²) in [5.41, 5.74) is 1.96. The molecule has 3 N–H and O–H groups in total. The number of aryl methyl sites for hydroxylation is 2. The second-order valence-corrected chi connectivity index (χ2v) is 5.91. The molecule has 8 nitrogen and oxygen atoms in total. The van der Waals surface area contributed by atoms with Crippen molar-refractivity contribution in [2.45, 2.75) is 40.2 Å². The number of urea groups is 1. The summed E-state index contributed by atoms with van der Waals surface area (Å²) in [6.45, 7) is 7.18. The van der Waals surface area contributed by atoms with Gasteiger partial charge in [0.2, 0.25) is 5.91 Å². The van der Waals surface area contributed by atoms with Gasteiger partial charge in [0, 0.05) is 0 Å². The zero-order chi connectivity index (χ0) is 16.4. The van der Waals surface area contributed by atoms with E-state index >= 15 is 0 Å². The summed E-state index contributed by atoms with van der Waals surface area (Å²) in [6, 6.07) is -1.07. The Kier molecular flexibility index (Phi) is 4.48. The zero-order valence-electron chi connectivity index (χ0n) is 13.2. The van der Waals surface area contributed by atoms with Crippen LogP contribution in [0.1, 0.15) is 31.7 Å². The van der Waals surface area contributed by atoms with E-state index in [9.17, 15) is 14.4 Å². The van der Waals surface area contributed by atoms with Crippen LogP contribution in [-0.4, -0.2) is 45.5 Å². The lowest BCUT2D eigenvalue weighted by Crippen LogP contribution is -2.38. The maximum absolute atomic E-state index is 12.2. The molecule has 22 heavy (non-hydrogen) atoms. The molecule has 0 radical (unpaired) electrons. The number of hydrogen-bond donors (Lipinski definition) is 3. The summed E-state index contributed by atoms with van der Waals surface area (Å²) < 4.78 is 0. The fraction of sp³-hybridized carbons (Fsp3) is 0.571. The summed E-state index contributed by atoms with van der Waals surface area (Å²) in [5, 5.41) is 12.0. The molecule has 8 heteroatoms. The van der Waals surface area contributed by atoms with Gasteiger partial charge in [-0.25, -0.2) is 4.79 Å². The fourth-order valence-corrected chi connectivity index (χ4v) is 2.42. The van der Waals surface area contributed by atoms with Crippen LogP contribution in [-0.2, 0) is 9.59 Å². The largest absolute Gasteiger partial charge is 0.326 e. The Bertz CT molecular complexity index is 588. The van der Waals surface area contributed by atoms with E-state index in [0.29, 0.717) is 17.8 Å². The van der Waals surface area contributed by atoms with Crippen molar-refractivity contribution in [3.8, 4) is 0 Å². The highest BCUT2D eigenvalue weighted by Crippen LogP contribution is 2.17. The molecular formula is C14H21N5O3. The van der Waals surface area contributed by atoms with Crippen LogP contribution in [0.4, 0.5) is 10.5 Å². The normalized spacial score (nSPS) is 18.0. The number of amides is 4. The maximum atomic E-state index is 12.2. The van der Waals surface area contributed by atoms with Crippen LogP contribution in [0.15, 0.2) is 0 Å². The van der Waals surface area contributed by atoms with E-state index in [0.717, 1.165) is 10.6 Å². The molecule has 0 aromatic carbocycles. The highest BCUT2D eigenvalue weighted by atomic mass is 16.2. The number of aromatic nitrogens is 2. The first-order valence-electron chi connectivity index (χ1n) is 7.23. The summed E-state index contributed by atoms with van der Waals surface area (Å²) in [5.74, 6) is -0.505. The van der Waals surface area contributed by atoms with Crippen LogP contribution in [0.3, 0.4) is 0 Å². The van der Waals surface area contributed by atoms with Crippen LogP contribution >= 0.6 is 0 Å². The molecule has 1 aromatic rings. The maximum Gasteiger partial charge on any atom is 0.325 e. The Morgan fingerprint density at radius 3 is 2.59 bits per heavy atom. The van der Waals surface area contributed by atoms with E-state index in [1.807, 2.05) is 13.8 Å². The first kappa shape index (κ1) is 16.0. The zero-order valence-corrected chi connectivity index (χ0v) is 13.2. The molecule has 4 amide bonds. The van der Waals surface area contributed by atoms with Crippen molar-refractivity contribution in [3.63, 3.8) is 0 Å². The minimum Gasteiger partial charge on any atom is -0.326 e. The number of rotatable bonds is 5. The van der Waals surface area contributed by atoms with Gasteiger partial charge in [-0.05, 0) is 26.2 Å². The lowest BCUT2D eigenvalue weighted by atomic mass is 10.0. The Balaban J connectivity index is 2.00. The second-order valence-electron chi connectivity index (χ2n) is 5.91. The highest BCUT2D eigenvalue weighted by Gasteiger charge is 2.39.